The minimum atomic E-state index is -0.819. The summed E-state index contributed by atoms with van der Waals surface area (Å²) >= 11 is 0. The highest BCUT2D eigenvalue weighted by molar-refractivity contribution is 5.91. The van der Waals surface area contributed by atoms with Crippen molar-refractivity contribution in [3.05, 3.63) is 0 Å². The molecule has 1 aliphatic heterocycles. The van der Waals surface area contributed by atoms with E-state index < -0.39 is 5.41 Å². The Morgan fingerprint density at radius 1 is 1.35 bits per heavy atom. The maximum atomic E-state index is 11.9. The van der Waals surface area contributed by atoms with Crippen LogP contribution in [0.3, 0.4) is 0 Å². The Hall–Kier alpha value is -1.57. The summed E-state index contributed by atoms with van der Waals surface area (Å²) in [6, 6.07) is 2.06. The van der Waals surface area contributed by atoms with Gasteiger partial charge in [0.15, 0.2) is 0 Å². The predicted molar refractivity (Wildman–Crippen MR) is 60.7 cm³/mol. The van der Waals surface area contributed by atoms with Crippen molar-refractivity contribution in [2.45, 2.75) is 25.7 Å². The molecular formula is C12H17N3O2. The Bertz CT molecular complexity index is 376. The van der Waals surface area contributed by atoms with Gasteiger partial charge in [-0.1, -0.05) is 0 Å². The lowest BCUT2D eigenvalue weighted by molar-refractivity contribution is -0.140. The van der Waals surface area contributed by atoms with E-state index in [1.807, 2.05) is 0 Å². The van der Waals surface area contributed by atoms with E-state index in [2.05, 4.69) is 6.07 Å². The molecule has 5 heteroatoms. The van der Waals surface area contributed by atoms with Crippen LogP contribution >= 0.6 is 0 Å². The molecule has 0 atom stereocenters. The number of rotatable bonds is 3. The number of carbonyl (C=O) groups excluding carboxylic acids is 2. The van der Waals surface area contributed by atoms with E-state index in [1.54, 1.807) is 11.9 Å². The maximum Gasteiger partial charge on any atom is 0.243 e. The monoisotopic (exact) mass is 235 g/mol. The van der Waals surface area contributed by atoms with Gasteiger partial charge in [-0.05, 0) is 25.7 Å². The van der Waals surface area contributed by atoms with Gasteiger partial charge in [-0.25, -0.2) is 0 Å². The van der Waals surface area contributed by atoms with Crippen molar-refractivity contribution in [1.82, 2.24) is 9.80 Å². The van der Waals surface area contributed by atoms with Crippen molar-refractivity contribution in [2.75, 3.05) is 26.7 Å². The van der Waals surface area contributed by atoms with Gasteiger partial charge in [0.2, 0.25) is 11.8 Å². The summed E-state index contributed by atoms with van der Waals surface area (Å²) in [4.78, 5) is 27.0. The zero-order valence-corrected chi connectivity index (χ0v) is 10.1. The summed E-state index contributed by atoms with van der Waals surface area (Å²) in [7, 11) is 1.60. The normalized spacial score (nSPS) is 20.8. The lowest BCUT2D eigenvalue weighted by Crippen LogP contribution is -2.42. The van der Waals surface area contributed by atoms with Crippen molar-refractivity contribution in [3.8, 4) is 6.07 Å². The molecule has 1 heterocycles. The molecule has 0 aromatic rings. The Balaban J connectivity index is 1.88. The Morgan fingerprint density at radius 2 is 1.94 bits per heavy atom. The molecule has 5 nitrogen and oxygen atoms in total. The largest absolute Gasteiger partial charge is 0.341 e. The van der Waals surface area contributed by atoms with Crippen molar-refractivity contribution in [2.24, 2.45) is 5.41 Å². The van der Waals surface area contributed by atoms with E-state index in [1.165, 1.54) is 4.90 Å². The molecule has 2 aliphatic rings. The molecule has 0 N–H and O–H groups in total. The Kier molecular flexibility index (Phi) is 3.05. The SMILES string of the molecule is CN(CC(=O)N1CCCC1)C(=O)C1(C#N)CC1. The Labute approximate surface area is 101 Å². The second-order valence-electron chi connectivity index (χ2n) is 4.94. The highest BCUT2D eigenvalue weighted by Crippen LogP contribution is 2.46. The molecule has 0 unspecified atom stereocenters. The quantitative estimate of drug-likeness (QED) is 0.710. The van der Waals surface area contributed by atoms with Gasteiger partial charge in [0.05, 0.1) is 12.6 Å². The minimum Gasteiger partial charge on any atom is -0.341 e. The molecule has 1 saturated heterocycles. The molecule has 0 aromatic heterocycles. The maximum absolute atomic E-state index is 11.9. The predicted octanol–water partition coefficient (Wildman–Crippen LogP) is 0.371. The summed E-state index contributed by atoms with van der Waals surface area (Å²) in [6.07, 6.45) is 3.35. The molecule has 2 amide bonds. The van der Waals surface area contributed by atoms with E-state index in [-0.39, 0.29) is 18.4 Å². The lowest BCUT2D eigenvalue weighted by atomic mass is 10.1. The van der Waals surface area contributed by atoms with Crippen LogP contribution in [0.25, 0.3) is 0 Å². The van der Waals surface area contributed by atoms with Gasteiger partial charge in [0.25, 0.3) is 0 Å². The van der Waals surface area contributed by atoms with E-state index in [0.717, 1.165) is 25.9 Å². The number of carbonyl (C=O) groups is 2. The van der Waals surface area contributed by atoms with E-state index >= 15 is 0 Å². The summed E-state index contributed by atoms with van der Waals surface area (Å²) in [6.45, 7) is 1.69. The highest BCUT2D eigenvalue weighted by atomic mass is 16.2. The molecule has 0 spiro atoms. The summed E-state index contributed by atoms with van der Waals surface area (Å²) in [5, 5.41) is 8.93. The van der Waals surface area contributed by atoms with Gasteiger partial charge >= 0.3 is 0 Å². The third kappa shape index (κ3) is 2.26. The molecule has 0 aromatic carbocycles. The van der Waals surface area contributed by atoms with Gasteiger partial charge < -0.3 is 9.80 Å². The number of amides is 2. The number of likely N-dealkylation sites (tertiary alicyclic amines) is 1. The average molecular weight is 235 g/mol. The second kappa shape index (κ2) is 4.36. The van der Waals surface area contributed by atoms with Gasteiger partial charge in [-0.15, -0.1) is 0 Å². The second-order valence-corrected chi connectivity index (χ2v) is 4.94. The number of nitrogens with zero attached hydrogens (tertiary/aromatic N) is 3. The first kappa shape index (κ1) is 11.9. The lowest BCUT2D eigenvalue weighted by Gasteiger charge is -2.22. The zero-order chi connectivity index (χ0) is 12.5. The molecule has 0 bridgehead atoms. The smallest absolute Gasteiger partial charge is 0.243 e. The van der Waals surface area contributed by atoms with E-state index in [9.17, 15) is 9.59 Å². The van der Waals surface area contributed by atoms with Crippen LogP contribution < -0.4 is 0 Å². The molecule has 92 valence electrons. The number of hydrogen-bond acceptors (Lipinski definition) is 3. The molecule has 2 fully saturated rings. The van der Waals surface area contributed by atoms with Crippen LogP contribution in [-0.4, -0.2) is 48.3 Å². The summed E-state index contributed by atoms with van der Waals surface area (Å²) in [5.74, 6) is -0.209. The van der Waals surface area contributed by atoms with Crippen LogP contribution in [0, 0.1) is 16.7 Å². The van der Waals surface area contributed by atoms with Gasteiger partial charge in [-0.3, -0.25) is 9.59 Å². The number of likely N-dealkylation sites (N-methyl/N-ethyl adjacent to an activating group) is 1. The van der Waals surface area contributed by atoms with Crippen LogP contribution in [0.2, 0.25) is 0 Å². The summed E-state index contributed by atoms with van der Waals surface area (Å²) < 4.78 is 0. The van der Waals surface area contributed by atoms with Crippen molar-refractivity contribution in [1.29, 1.82) is 5.26 Å². The van der Waals surface area contributed by atoms with Crippen LogP contribution in [0.1, 0.15) is 25.7 Å². The first-order valence-corrected chi connectivity index (χ1v) is 6.04. The van der Waals surface area contributed by atoms with E-state index in [0.29, 0.717) is 12.8 Å². The highest BCUT2D eigenvalue weighted by Gasteiger charge is 2.52. The average Bonchev–Trinajstić information content (AvgIpc) is 2.93. The van der Waals surface area contributed by atoms with Gasteiger partial charge in [0.1, 0.15) is 5.41 Å². The fourth-order valence-corrected chi connectivity index (χ4v) is 2.21. The van der Waals surface area contributed by atoms with Crippen LogP contribution in [-0.2, 0) is 9.59 Å². The molecule has 1 aliphatic carbocycles. The van der Waals surface area contributed by atoms with Crippen molar-refractivity contribution < 1.29 is 9.59 Å². The topological polar surface area (TPSA) is 64.4 Å². The first-order chi connectivity index (χ1) is 8.09. The fraction of sp³-hybridized carbons (Fsp3) is 0.750. The molecule has 0 radical (unpaired) electrons. The third-order valence-corrected chi connectivity index (χ3v) is 3.55. The van der Waals surface area contributed by atoms with Crippen LogP contribution in [0.5, 0.6) is 0 Å². The molecule has 1 saturated carbocycles. The van der Waals surface area contributed by atoms with Crippen molar-refractivity contribution in [3.63, 3.8) is 0 Å². The third-order valence-electron chi connectivity index (χ3n) is 3.55. The van der Waals surface area contributed by atoms with Crippen LogP contribution in [0.4, 0.5) is 0 Å². The van der Waals surface area contributed by atoms with Crippen molar-refractivity contribution >= 4 is 11.8 Å². The summed E-state index contributed by atoms with van der Waals surface area (Å²) in [5.41, 5.74) is -0.819. The first-order valence-electron chi connectivity index (χ1n) is 6.04. The van der Waals surface area contributed by atoms with E-state index in [4.69, 9.17) is 5.26 Å². The number of nitriles is 1. The van der Waals surface area contributed by atoms with Gasteiger partial charge in [-0.2, -0.15) is 5.26 Å². The zero-order valence-electron chi connectivity index (χ0n) is 10.1. The molecule has 2 rings (SSSR count). The Morgan fingerprint density at radius 3 is 2.41 bits per heavy atom. The standard InChI is InChI=1S/C12H17N3O2/c1-14(11(17)12(9-13)4-5-12)8-10(16)15-6-2-3-7-15/h2-8H2,1H3. The number of hydrogen-bond donors (Lipinski definition) is 0. The fourth-order valence-electron chi connectivity index (χ4n) is 2.21. The minimum absolute atomic E-state index is 0.00732. The molecule has 17 heavy (non-hydrogen) atoms. The molecular weight excluding hydrogens is 218 g/mol. The van der Waals surface area contributed by atoms with Crippen LogP contribution in [0.15, 0.2) is 0 Å². The van der Waals surface area contributed by atoms with Gasteiger partial charge in [0, 0.05) is 20.1 Å².